The molecule has 2 aromatic rings. The number of halogens is 3. The first-order valence-electron chi connectivity index (χ1n) is 4.82. The second-order valence-electron chi connectivity index (χ2n) is 3.32. The summed E-state index contributed by atoms with van der Waals surface area (Å²) in [5.74, 6) is -0.300. The molecule has 0 saturated carbocycles. The van der Waals surface area contributed by atoms with Crippen LogP contribution in [0.2, 0.25) is 0 Å². The minimum atomic E-state index is -4.60. The minimum absolute atomic E-state index is 0.0409. The fraction of sp³-hybridized carbons (Fsp3) is 0.200. The van der Waals surface area contributed by atoms with Crippen LogP contribution in [0.4, 0.5) is 19.1 Å². The van der Waals surface area contributed by atoms with E-state index in [2.05, 4.69) is 9.97 Å². The third-order valence-corrected chi connectivity index (χ3v) is 1.95. The first kappa shape index (κ1) is 12.2. The maximum Gasteiger partial charge on any atom is 0.433 e. The maximum atomic E-state index is 12.4. The molecule has 96 valence electrons. The number of rotatable bonds is 3. The summed E-state index contributed by atoms with van der Waals surface area (Å²) < 4.78 is 47.3. The van der Waals surface area contributed by atoms with Gasteiger partial charge in [-0.3, -0.25) is 0 Å². The van der Waals surface area contributed by atoms with E-state index in [1.165, 1.54) is 6.26 Å². The lowest BCUT2D eigenvalue weighted by Crippen LogP contribution is -2.11. The highest BCUT2D eigenvalue weighted by Gasteiger charge is 2.33. The van der Waals surface area contributed by atoms with Crippen LogP contribution in [0.1, 0.15) is 11.5 Å². The predicted octanol–water partition coefficient (Wildman–Crippen LogP) is 2.25. The topological polar surface area (TPSA) is 74.2 Å². The Morgan fingerprint density at radius 2 is 2.11 bits per heavy atom. The molecule has 0 aliphatic heterocycles. The predicted molar refractivity (Wildman–Crippen MR) is 54.5 cm³/mol. The van der Waals surface area contributed by atoms with E-state index < -0.39 is 17.8 Å². The molecule has 0 saturated heterocycles. The molecule has 5 nitrogen and oxygen atoms in total. The van der Waals surface area contributed by atoms with Crippen molar-refractivity contribution >= 4 is 5.95 Å². The van der Waals surface area contributed by atoms with E-state index in [4.69, 9.17) is 14.9 Å². The number of nitrogen functional groups attached to an aromatic ring is 1. The molecule has 0 bridgehead atoms. The van der Waals surface area contributed by atoms with Crippen LogP contribution in [0, 0.1) is 0 Å². The molecule has 0 atom stereocenters. The first-order valence-corrected chi connectivity index (χ1v) is 4.82. The standard InChI is InChI=1S/C10H8F3N3O2/c11-10(12,13)7-4-8(16-9(14)15-7)18-5-6-2-1-3-17-6/h1-4H,5H2,(H2,14,15,16). The summed E-state index contributed by atoms with van der Waals surface area (Å²) in [6.07, 6.45) is -3.17. The molecule has 0 aliphatic carbocycles. The fourth-order valence-corrected chi connectivity index (χ4v) is 1.20. The first-order chi connectivity index (χ1) is 8.45. The Hall–Kier alpha value is -2.25. The van der Waals surface area contributed by atoms with E-state index in [1.807, 2.05) is 0 Å². The fourth-order valence-electron chi connectivity index (χ4n) is 1.20. The monoisotopic (exact) mass is 259 g/mol. The number of nitrogens with zero attached hydrogens (tertiary/aromatic N) is 2. The number of aromatic nitrogens is 2. The quantitative estimate of drug-likeness (QED) is 0.915. The summed E-state index contributed by atoms with van der Waals surface area (Å²) in [6, 6.07) is 3.93. The Kier molecular flexibility index (Phi) is 3.09. The summed E-state index contributed by atoms with van der Waals surface area (Å²) in [7, 11) is 0. The van der Waals surface area contributed by atoms with Crippen LogP contribution in [0.15, 0.2) is 28.9 Å². The smallest absolute Gasteiger partial charge is 0.433 e. The normalized spacial score (nSPS) is 11.5. The molecule has 0 amide bonds. The average molecular weight is 259 g/mol. The molecule has 0 spiro atoms. The summed E-state index contributed by atoms with van der Waals surface area (Å²) in [5.41, 5.74) is 4.03. The molecule has 2 aromatic heterocycles. The van der Waals surface area contributed by atoms with Crippen LogP contribution in [0.3, 0.4) is 0 Å². The van der Waals surface area contributed by atoms with E-state index in [-0.39, 0.29) is 12.5 Å². The van der Waals surface area contributed by atoms with Gasteiger partial charge in [-0.05, 0) is 12.1 Å². The van der Waals surface area contributed by atoms with Gasteiger partial charge < -0.3 is 14.9 Å². The van der Waals surface area contributed by atoms with Gasteiger partial charge in [-0.1, -0.05) is 0 Å². The molecule has 2 heterocycles. The van der Waals surface area contributed by atoms with Crippen molar-refractivity contribution < 1.29 is 22.3 Å². The van der Waals surface area contributed by atoms with E-state index in [9.17, 15) is 13.2 Å². The average Bonchev–Trinajstić information content (AvgIpc) is 2.77. The lowest BCUT2D eigenvalue weighted by Gasteiger charge is -2.08. The van der Waals surface area contributed by atoms with Crippen LogP contribution < -0.4 is 10.5 Å². The summed E-state index contributed by atoms with van der Waals surface area (Å²) >= 11 is 0. The third-order valence-electron chi connectivity index (χ3n) is 1.95. The third kappa shape index (κ3) is 2.90. The van der Waals surface area contributed by atoms with Gasteiger partial charge in [-0.2, -0.15) is 18.2 Å². The molecule has 8 heteroatoms. The second-order valence-corrected chi connectivity index (χ2v) is 3.32. The van der Waals surface area contributed by atoms with Gasteiger partial charge in [0.1, 0.15) is 12.4 Å². The Morgan fingerprint density at radius 1 is 1.33 bits per heavy atom. The van der Waals surface area contributed by atoms with Crippen LogP contribution >= 0.6 is 0 Å². The van der Waals surface area contributed by atoms with Gasteiger partial charge in [-0.25, -0.2) is 4.98 Å². The Morgan fingerprint density at radius 3 is 2.72 bits per heavy atom. The van der Waals surface area contributed by atoms with Gasteiger partial charge in [0.25, 0.3) is 0 Å². The van der Waals surface area contributed by atoms with Crippen molar-refractivity contribution in [3.8, 4) is 5.88 Å². The Labute approximate surface area is 99.4 Å². The summed E-state index contributed by atoms with van der Waals surface area (Å²) in [4.78, 5) is 6.64. The van der Waals surface area contributed by atoms with Crippen molar-refractivity contribution in [2.24, 2.45) is 0 Å². The Balaban J connectivity index is 2.15. The van der Waals surface area contributed by atoms with Crippen LogP contribution in [0.5, 0.6) is 5.88 Å². The molecule has 2 rings (SSSR count). The largest absolute Gasteiger partial charge is 0.469 e. The zero-order valence-corrected chi connectivity index (χ0v) is 8.94. The van der Waals surface area contributed by atoms with Gasteiger partial charge in [0, 0.05) is 6.07 Å². The maximum absolute atomic E-state index is 12.4. The number of hydrogen-bond acceptors (Lipinski definition) is 5. The lowest BCUT2D eigenvalue weighted by atomic mass is 10.4. The number of furan rings is 1. The van der Waals surface area contributed by atoms with Crippen molar-refractivity contribution in [2.45, 2.75) is 12.8 Å². The highest BCUT2D eigenvalue weighted by Crippen LogP contribution is 2.29. The molecular weight excluding hydrogens is 251 g/mol. The second kappa shape index (κ2) is 4.55. The number of anilines is 1. The van der Waals surface area contributed by atoms with Crippen molar-refractivity contribution in [1.82, 2.24) is 9.97 Å². The Bertz CT molecular complexity index is 526. The van der Waals surface area contributed by atoms with Gasteiger partial charge >= 0.3 is 6.18 Å². The van der Waals surface area contributed by atoms with Gasteiger partial charge in [0.05, 0.1) is 6.26 Å². The number of ether oxygens (including phenoxy) is 1. The minimum Gasteiger partial charge on any atom is -0.469 e. The summed E-state index contributed by atoms with van der Waals surface area (Å²) in [5, 5.41) is 0. The van der Waals surface area contributed by atoms with Crippen LogP contribution in [0.25, 0.3) is 0 Å². The highest BCUT2D eigenvalue weighted by atomic mass is 19.4. The van der Waals surface area contributed by atoms with Gasteiger partial charge in [0.2, 0.25) is 11.8 Å². The summed E-state index contributed by atoms with van der Waals surface area (Å²) in [6.45, 7) is -0.0409. The van der Waals surface area contributed by atoms with Gasteiger partial charge in [0.15, 0.2) is 5.69 Å². The molecule has 2 N–H and O–H groups in total. The lowest BCUT2D eigenvalue weighted by molar-refractivity contribution is -0.141. The number of hydrogen-bond donors (Lipinski definition) is 1. The molecule has 0 radical (unpaired) electrons. The van der Waals surface area contributed by atoms with Crippen molar-refractivity contribution in [3.63, 3.8) is 0 Å². The van der Waals surface area contributed by atoms with Gasteiger partial charge in [-0.15, -0.1) is 0 Å². The van der Waals surface area contributed by atoms with E-state index in [0.717, 1.165) is 0 Å². The van der Waals surface area contributed by atoms with E-state index in [0.29, 0.717) is 11.8 Å². The molecule has 0 aromatic carbocycles. The number of alkyl halides is 3. The molecule has 18 heavy (non-hydrogen) atoms. The molecular formula is C10H8F3N3O2. The van der Waals surface area contributed by atoms with Crippen molar-refractivity contribution in [3.05, 3.63) is 35.9 Å². The highest BCUT2D eigenvalue weighted by molar-refractivity contribution is 5.27. The number of nitrogens with two attached hydrogens (primary N) is 1. The zero-order chi connectivity index (χ0) is 13.2. The SMILES string of the molecule is Nc1nc(OCc2ccco2)cc(C(F)(F)F)n1. The van der Waals surface area contributed by atoms with Crippen LogP contribution in [-0.2, 0) is 12.8 Å². The van der Waals surface area contributed by atoms with E-state index >= 15 is 0 Å². The molecule has 0 unspecified atom stereocenters. The molecule has 0 aliphatic rings. The van der Waals surface area contributed by atoms with Crippen LogP contribution in [-0.4, -0.2) is 9.97 Å². The zero-order valence-electron chi connectivity index (χ0n) is 8.94. The van der Waals surface area contributed by atoms with E-state index in [1.54, 1.807) is 12.1 Å². The molecule has 0 fully saturated rings. The van der Waals surface area contributed by atoms with Crippen molar-refractivity contribution in [2.75, 3.05) is 5.73 Å². The van der Waals surface area contributed by atoms with Crippen molar-refractivity contribution in [1.29, 1.82) is 0 Å².